The quantitative estimate of drug-likeness (QED) is 0.932. The summed E-state index contributed by atoms with van der Waals surface area (Å²) in [6.07, 6.45) is -0.996. The van der Waals surface area contributed by atoms with E-state index in [0.717, 1.165) is 11.1 Å². The highest BCUT2D eigenvalue weighted by atomic mass is 32.2. The Morgan fingerprint density at radius 3 is 1.96 bits per heavy atom. The number of carbonyl (C=O) groups is 1. The molecule has 122 valence electrons. The van der Waals surface area contributed by atoms with E-state index in [1.165, 1.54) is 12.1 Å². The highest BCUT2D eigenvalue weighted by molar-refractivity contribution is 7.90. The lowest BCUT2D eigenvalue weighted by molar-refractivity contribution is 0.0570. The molecule has 23 heavy (non-hydrogen) atoms. The number of nitrogens with one attached hydrogen (secondary N) is 1. The summed E-state index contributed by atoms with van der Waals surface area (Å²) >= 11 is 0. The molecular formula is C17H19NO4S. The summed E-state index contributed by atoms with van der Waals surface area (Å²) in [6.45, 7) is 4.98. The van der Waals surface area contributed by atoms with E-state index in [9.17, 15) is 13.2 Å². The molecule has 0 aliphatic rings. The van der Waals surface area contributed by atoms with E-state index >= 15 is 0 Å². The number of benzene rings is 2. The van der Waals surface area contributed by atoms with Gasteiger partial charge in [-0.2, -0.15) is 0 Å². The van der Waals surface area contributed by atoms with Gasteiger partial charge in [-0.15, -0.1) is 0 Å². The molecule has 6 heteroatoms. The first-order chi connectivity index (χ1) is 10.7. The van der Waals surface area contributed by atoms with Crippen LogP contribution < -0.4 is 4.72 Å². The van der Waals surface area contributed by atoms with Gasteiger partial charge in [0.25, 0.3) is 10.0 Å². The van der Waals surface area contributed by atoms with Crippen molar-refractivity contribution in [2.24, 2.45) is 0 Å². The second-order valence-corrected chi connectivity index (χ2v) is 7.68. The molecule has 2 aromatic carbocycles. The standard InChI is InChI=1S/C17H19NO4S/c1-17(2,3)22-16(19)18-23(20,21)15-11-9-14(10-12-15)13-7-5-4-6-8-13/h4-12H,1-3H3,(H,18,19). The molecule has 0 saturated heterocycles. The van der Waals surface area contributed by atoms with Gasteiger partial charge in [-0.25, -0.2) is 17.9 Å². The van der Waals surface area contributed by atoms with Crippen LogP contribution in [0.3, 0.4) is 0 Å². The molecule has 2 rings (SSSR count). The summed E-state index contributed by atoms with van der Waals surface area (Å²) in [5.41, 5.74) is 1.11. The Kier molecular flexibility index (Phi) is 4.75. The van der Waals surface area contributed by atoms with Crippen LogP contribution in [0, 0.1) is 0 Å². The summed E-state index contributed by atoms with van der Waals surface area (Å²) in [5, 5.41) is 0. The van der Waals surface area contributed by atoms with Gasteiger partial charge in [-0.1, -0.05) is 42.5 Å². The fraction of sp³-hybridized carbons (Fsp3) is 0.235. The molecule has 0 aromatic heterocycles. The Balaban J connectivity index is 2.16. The Morgan fingerprint density at radius 2 is 1.43 bits per heavy atom. The summed E-state index contributed by atoms with van der Waals surface area (Å²) in [4.78, 5) is 11.6. The molecule has 0 aliphatic heterocycles. The molecule has 0 spiro atoms. The van der Waals surface area contributed by atoms with Crippen LogP contribution in [-0.4, -0.2) is 20.1 Å². The van der Waals surface area contributed by atoms with Crippen LogP contribution in [0.15, 0.2) is 59.5 Å². The minimum Gasteiger partial charge on any atom is -0.443 e. The van der Waals surface area contributed by atoms with Crippen LogP contribution in [0.25, 0.3) is 11.1 Å². The zero-order valence-electron chi connectivity index (χ0n) is 13.2. The lowest BCUT2D eigenvalue weighted by atomic mass is 10.1. The van der Waals surface area contributed by atoms with Crippen molar-refractivity contribution in [3.63, 3.8) is 0 Å². The number of hydrogen-bond acceptors (Lipinski definition) is 4. The average Bonchev–Trinajstić information content (AvgIpc) is 2.45. The SMILES string of the molecule is CC(C)(C)OC(=O)NS(=O)(=O)c1ccc(-c2ccccc2)cc1. The predicted molar refractivity (Wildman–Crippen MR) is 88.4 cm³/mol. The van der Waals surface area contributed by atoms with Crippen molar-refractivity contribution in [3.8, 4) is 11.1 Å². The fourth-order valence-corrected chi connectivity index (χ4v) is 2.80. The first-order valence-corrected chi connectivity index (χ1v) is 8.57. The molecular weight excluding hydrogens is 314 g/mol. The summed E-state index contributed by atoms with van der Waals surface area (Å²) in [6, 6.07) is 15.9. The van der Waals surface area contributed by atoms with Gasteiger partial charge in [-0.05, 0) is 44.0 Å². The van der Waals surface area contributed by atoms with Crippen LogP contribution in [0.2, 0.25) is 0 Å². The topological polar surface area (TPSA) is 72.5 Å². The van der Waals surface area contributed by atoms with E-state index in [1.807, 2.05) is 35.1 Å². The van der Waals surface area contributed by atoms with E-state index in [2.05, 4.69) is 0 Å². The lowest BCUT2D eigenvalue weighted by Gasteiger charge is -2.19. The van der Waals surface area contributed by atoms with Crippen molar-refractivity contribution in [2.45, 2.75) is 31.3 Å². The molecule has 0 fully saturated rings. The second-order valence-electron chi connectivity index (χ2n) is 6.00. The van der Waals surface area contributed by atoms with Crippen molar-refractivity contribution in [3.05, 3.63) is 54.6 Å². The van der Waals surface area contributed by atoms with E-state index in [1.54, 1.807) is 32.9 Å². The Labute approximate surface area is 136 Å². The molecule has 0 unspecified atom stereocenters. The zero-order valence-corrected chi connectivity index (χ0v) is 14.1. The third-order valence-corrected chi connectivity index (χ3v) is 4.22. The van der Waals surface area contributed by atoms with Crippen molar-refractivity contribution in [1.82, 2.24) is 4.72 Å². The maximum Gasteiger partial charge on any atom is 0.421 e. The summed E-state index contributed by atoms with van der Waals surface area (Å²) in [5.74, 6) is 0. The molecule has 0 saturated carbocycles. The maximum absolute atomic E-state index is 12.2. The molecule has 1 N–H and O–H groups in total. The average molecular weight is 333 g/mol. The van der Waals surface area contributed by atoms with Crippen LogP contribution >= 0.6 is 0 Å². The zero-order chi connectivity index (χ0) is 17.1. The molecule has 5 nitrogen and oxygen atoms in total. The van der Waals surface area contributed by atoms with Crippen LogP contribution in [-0.2, 0) is 14.8 Å². The number of ether oxygens (including phenoxy) is 1. The van der Waals surface area contributed by atoms with Crippen LogP contribution in [0.1, 0.15) is 20.8 Å². The third-order valence-electron chi connectivity index (χ3n) is 2.89. The van der Waals surface area contributed by atoms with Gasteiger partial charge in [0.1, 0.15) is 5.60 Å². The number of rotatable bonds is 3. The van der Waals surface area contributed by atoms with E-state index < -0.39 is 21.7 Å². The highest BCUT2D eigenvalue weighted by Crippen LogP contribution is 2.21. The lowest BCUT2D eigenvalue weighted by Crippen LogP contribution is -2.36. The predicted octanol–water partition coefficient (Wildman–Crippen LogP) is 3.57. The normalized spacial score (nSPS) is 11.8. The Morgan fingerprint density at radius 1 is 0.913 bits per heavy atom. The first-order valence-electron chi connectivity index (χ1n) is 7.09. The highest BCUT2D eigenvalue weighted by Gasteiger charge is 2.22. The molecule has 0 radical (unpaired) electrons. The van der Waals surface area contributed by atoms with Gasteiger partial charge >= 0.3 is 6.09 Å². The number of sulfonamides is 1. The largest absolute Gasteiger partial charge is 0.443 e. The van der Waals surface area contributed by atoms with Crippen molar-refractivity contribution in [2.75, 3.05) is 0 Å². The number of carbonyl (C=O) groups excluding carboxylic acids is 1. The molecule has 0 bridgehead atoms. The van der Waals surface area contributed by atoms with E-state index in [4.69, 9.17) is 4.74 Å². The molecule has 0 heterocycles. The Hall–Kier alpha value is -2.34. The van der Waals surface area contributed by atoms with Crippen molar-refractivity contribution < 1.29 is 17.9 Å². The minimum atomic E-state index is -3.96. The van der Waals surface area contributed by atoms with Gasteiger partial charge in [0, 0.05) is 0 Å². The van der Waals surface area contributed by atoms with E-state index in [0.29, 0.717) is 0 Å². The van der Waals surface area contributed by atoms with Crippen LogP contribution in [0.5, 0.6) is 0 Å². The summed E-state index contributed by atoms with van der Waals surface area (Å²) in [7, 11) is -3.96. The smallest absolute Gasteiger partial charge is 0.421 e. The van der Waals surface area contributed by atoms with Crippen LogP contribution in [0.4, 0.5) is 4.79 Å². The van der Waals surface area contributed by atoms with Gasteiger partial charge in [0.2, 0.25) is 0 Å². The molecule has 0 atom stereocenters. The van der Waals surface area contributed by atoms with Gasteiger partial charge in [0.15, 0.2) is 0 Å². The van der Waals surface area contributed by atoms with Gasteiger partial charge < -0.3 is 4.74 Å². The Bertz CT molecular complexity index is 776. The maximum atomic E-state index is 12.2. The number of amides is 1. The van der Waals surface area contributed by atoms with Gasteiger partial charge in [-0.3, -0.25) is 0 Å². The van der Waals surface area contributed by atoms with E-state index in [-0.39, 0.29) is 4.90 Å². The number of hydrogen-bond donors (Lipinski definition) is 1. The fourth-order valence-electron chi connectivity index (χ4n) is 1.92. The van der Waals surface area contributed by atoms with Gasteiger partial charge in [0.05, 0.1) is 4.90 Å². The van der Waals surface area contributed by atoms with Crippen molar-refractivity contribution >= 4 is 16.1 Å². The third kappa shape index (κ3) is 4.82. The molecule has 1 amide bonds. The minimum absolute atomic E-state index is 0.00282. The first kappa shape index (κ1) is 17.0. The van der Waals surface area contributed by atoms with Crippen molar-refractivity contribution in [1.29, 1.82) is 0 Å². The summed E-state index contributed by atoms with van der Waals surface area (Å²) < 4.78 is 31.2. The molecule has 2 aromatic rings. The second kappa shape index (κ2) is 6.42. The monoisotopic (exact) mass is 333 g/mol. The molecule has 0 aliphatic carbocycles.